The number of hydrogen-bond donors (Lipinski definition) is 4. The fourth-order valence-corrected chi connectivity index (χ4v) is 8.73. The predicted molar refractivity (Wildman–Crippen MR) is 276 cm³/mol. The highest BCUT2D eigenvalue weighted by atomic mass is 16.6. The van der Waals surface area contributed by atoms with Gasteiger partial charge in [0.25, 0.3) is 0 Å². The van der Waals surface area contributed by atoms with Gasteiger partial charge in [-0.25, -0.2) is 19.2 Å². The van der Waals surface area contributed by atoms with E-state index in [1.807, 2.05) is 0 Å². The summed E-state index contributed by atoms with van der Waals surface area (Å²) < 4.78 is 21.9. The fraction of sp³-hybridized carbons (Fsp3) is 0.439. The molecule has 2 aliphatic carbocycles. The zero-order chi connectivity index (χ0) is 49.4. The molecule has 6 rings (SSSR count). The number of carbonyl (C=O) groups excluding carboxylic acids is 4. The molecule has 4 aromatic carbocycles. The van der Waals surface area contributed by atoms with E-state index in [0.717, 1.165) is 74.3 Å². The zero-order valence-electron chi connectivity index (χ0n) is 40.7. The lowest BCUT2D eigenvalue weighted by molar-refractivity contribution is -0.139. The van der Waals surface area contributed by atoms with Crippen LogP contribution in [0.4, 0.5) is 22.7 Å². The van der Waals surface area contributed by atoms with Gasteiger partial charge in [-0.05, 0) is 135 Å². The lowest BCUT2D eigenvalue weighted by atomic mass is 9.84. The summed E-state index contributed by atoms with van der Waals surface area (Å²) in [6.07, 6.45) is 26.1. The minimum atomic E-state index is -0.481. The Morgan fingerprint density at radius 2 is 0.870 bits per heavy atom. The Balaban J connectivity index is 0.000000258. The van der Waals surface area contributed by atoms with E-state index in [2.05, 4.69) is 13.8 Å². The normalized spacial score (nSPS) is 17.9. The summed E-state index contributed by atoms with van der Waals surface area (Å²) in [5.74, 6) is 0.0279. The smallest absolute Gasteiger partial charge is 0.338 e. The van der Waals surface area contributed by atoms with Crippen molar-refractivity contribution in [3.63, 3.8) is 0 Å². The van der Waals surface area contributed by atoms with E-state index < -0.39 is 11.9 Å². The molecule has 0 aromatic heterocycles. The molecule has 370 valence electrons. The Kier molecular flexibility index (Phi) is 22.2. The molecule has 8 N–H and O–H groups in total. The summed E-state index contributed by atoms with van der Waals surface area (Å²) in [7, 11) is 0. The van der Waals surface area contributed by atoms with Gasteiger partial charge in [0.2, 0.25) is 0 Å². The molecule has 0 bridgehead atoms. The molecule has 69 heavy (non-hydrogen) atoms. The van der Waals surface area contributed by atoms with Crippen molar-refractivity contribution in [1.29, 1.82) is 0 Å². The van der Waals surface area contributed by atoms with Gasteiger partial charge in [0.1, 0.15) is 25.4 Å². The summed E-state index contributed by atoms with van der Waals surface area (Å²) in [4.78, 5) is 49.1. The SMILES string of the molecule is CCCCCC1CCC(OC(=O)c2ccc(/C=C/C(=O)OCc3ccc(N)cc3N)cc2)CC1.CCCCCCC1CCC(OC(=O)c2ccc(/C=C/C(=O)OCc3ccc(N)cc3N)cc2)CC1. The van der Waals surface area contributed by atoms with Gasteiger partial charge in [-0.2, -0.15) is 0 Å². The second-order valence-electron chi connectivity index (χ2n) is 18.5. The minimum absolute atomic E-state index is 0.0128. The van der Waals surface area contributed by atoms with Crippen LogP contribution in [-0.4, -0.2) is 36.1 Å². The van der Waals surface area contributed by atoms with Gasteiger partial charge in [-0.15, -0.1) is 0 Å². The van der Waals surface area contributed by atoms with Crippen LogP contribution in [0.5, 0.6) is 0 Å². The molecule has 12 nitrogen and oxygen atoms in total. The summed E-state index contributed by atoms with van der Waals surface area (Å²) in [5.41, 5.74) is 29.2. The molecule has 2 fully saturated rings. The van der Waals surface area contributed by atoms with E-state index in [1.165, 1.54) is 69.9 Å². The maximum Gasteiger partial charge on any atom is 0.338 e. The highest BCUT2D eigenvalue weighted by Gasteiger charge is 2.25. The number of nitrogens with two attached hydrogens (primary N) is 4. The Labute approximate surface area is 409 Å². The number of hydrogen-bond acceptors (Lipinski definition) is 12. The number of carbonyl (C=O) groups is 4. The Morgan fingerprint density at radius 3 is 1.25 bits per heavy atom. The third kappa shape index (κ3) is 19.2. The summed E-state index contributed by atoms with van der Waals surface area (Å²) in [5, 5.41) is 0. The predicted octanol–water partition coefficient (Wildman–Crippen LogP) is 12.2. The van der Waals surface area contributed by atoms with Crippen molar-refractivity contribution >= 4 is 58.8 Å². The number of unbranched alkanes of at least 4 members (excludes halogenated alkanes) is 5. The number of rotatable bonds is 21. The van der Waals surface area contributed by atoms with Crippen molar-refractivity contribution in [3.8, 4) is 0 Å². The molecular formula is C57H74N4O8. The molecule has 0 heterocycles. The van der Waals surface area contributed by atoms with Crippen molar-refractivity contribution in [2.45, 2.75) is 148 Å². The molecule has 0 saturated heterocycles. The van der Waals surface area contributed by atoms with Crippen LogP contribution < -0.4 is 22.9 Å². The lowest BCUT2D eigenvalue weighted by Gasteiger charge is -2.28. The van der Waals surface area contributed by atoms with Crippen LogP contribution >= 0.6 is 0 Å². The van der Waals surface area contributed by atoms with E-state index in [9.17, 15) is 19.2 Å². The van der Waals surface area contributed by atoms with Gasteiger partial charge in [-0.1, -0.05) is 108 Å². The zero-order valence-corrected chi connectivity index (χ0v) is 40.7. The number of ether oxygens (including phenoxy) is 4. The average Bonchev–Trinajstić information content (AvgIpc) is 3.35. The first kappa shape index (κ1) is 53.4. The standard InChI is InChI=1S/C29H38N2O4.C28H36N2O4/c1-2-3-4-5-6-21-9-16-26(17-10-21)35-29(33)23-12-7-22(8-13-23)11-18-28(32)34-20-24-14-15-25(30)19-27(24)31;1-2-3-4-5-20-8-15-25(16-9-20)34-28(32)22-11-6-21(7-12-22)10-17-27(31)33-19-23-13-14-24(29)18-26(23)30/h7-8,11-15,18-19,21,26H,2-6,9-10,16-17,20,30-31H2,1H3;6-7,10-14,17-18,20,25H,2-5,8-9,15-16,19,29-30H2,1H3/b18-11+;17-10+. The van der Waals surface area contributed by atoms with E-state index in [0.29, 0.717) is 45.0 Å². The molecule has 2 saturated carbocycles. The molecule has 0 atom stereocenters. The van der Waals surface area contributed by atoms with Crippen LogP contribution in [0.15, 0.2) is 97.1 Å². The van der Waals surface area contributed by atoms with Crippen LogP contribution in [0.1, 0.15) is 166 Å². The quantitative estimate of drug-likeness (QED) is 0.0202. The molecular weight excluding hydrogens is 869 g/mol. The van der Waals surface area contributed by atoms with Gasteiger partial charge in [0, 0.05) is 46.0 Å². The topological polar surface area (TPSA) is 209 Å². The fourth-order valence-electron chi connectivity index (χ4n) is 8.73. The molecule has 0 spiro atoms. The maximum absolute atomic E-state index is 12.6. The summed E-state index contributed by atoms with van der Waals surface area (Å²) >= 11 is 0. The molecule has 2 aliphatic rings. The van der Waals surface area contributed by atoms with Crippen LogP contribution in [0, 0.1) is 11.8 Å². The highest BCUT2D eigenvalue weighted by Crippen LogP contribution is 2.32. The molecule has 0 unspecified atom stereocenters. The first-order valence-corrected chi connectivity index (χ1v) is 25.0. The molecule has 12 heteroatoms. The minimum Gasteiger partial charge on any atom is -0.459 e. The Bertz CT molecular complexity index is 2290. The van der Waals surface area contributed by atoms with E-state index in [-0.39, 0.29) is 37.4 Å². The lowest BCUT2D eigenvalue weighted by Crippen LogP contribution is -2.24. The van der Waals surface area contributed by atoms with Crippen LogP contribution in [0.2, 0.25) is 0 Å². The summed E-state index contributed by atoms with van der Waals surface area (Å²) in [6.45, 7) is 4.61. The van der Waals surface area contributed by atoms with E-state index in [1.54, 1.807) is 97.1 Å². The Morgan fingerprint density at radius 1 is 0.493 bits per heavy atom. The number of esters is 4. The van der Waals surface area contributed by atoms with E-state index in [4.69, 9.17) is 41.9 Å². The maximum atomic E-state index is 12.6. The largest absolute Gasteiger partial charge is 0.459 e. The molecule has 4 aromatic rings. The highest BCUT2D eigenvalue weighted by molar-refractivity contribution is 5.91. The third-order valence-corrected chi connectivity index (χ3v) is 13.0. The van der Waals surface area contributed by atoms with Gasteiger partial charge in [0.15, 0.2) is 0 Å². The van der Waals surface area contributed by atoms with Gasteiger partial charge < -0.3 is 41.9 Å². The van der Waals surface area contributed by atoms with Crippen LogP contribution in [-0.2, 0) is 41.8 Å². The van der Waals surface area contributed by atoms with Crippen molar-refractivity contribution in [3.05, 3.63) is 130 Å². The van der Waals surface area contributed by atoms with Crippen molar-refractivity contribution in [1.82, 2.24) is 0 Å². The first-order valence-electron chi connectivity index (χ1n) is 25.0. The molecule has 0 amide bonds. The number of benzene rings is 4. The summed E-state index contributed by atoms with van der Waals surface area (Å²) in [6, 6.07) is 24.2. The van der Waals surface area contributed by atoms with Crippen LogP contribution in [0.25, 0.3) is 12.2 Å². The monoisotopic (exact) mass is 943 g/mol. The van der Waals surface area contributed by atoms with Crippen molar-refractivity contribution in [2.75, 3.05) is 22.9 Å². The van der Waals surface area contributed by atoms with Crippen molar-refractivity contribution in [2.24, 2.45) is 11.8 Å². The van der Waals surface area contributed by atoms with Gasteiger partial charge in [0.05, 0.1) is 11.1 Å². The van der Waals surface area contributed by atoms with Crippen molar-refractivity contribution < 1.29 is 38.1 Å². The first-order chi connectivity index (χ1) is 33.4. The second kappa shape index (κ2) is 28.7. The molecule has 0 radical (unpaired) electrons. The van der Waals surface area contributed by atoms with Crippen LogP contribution in [0.3, 0.4) is 0 Å². The Hall–Kier alpha value is -6.56. The molecule has 0 aliphatic heterocycles. The second-order valence-corrected chi connectivity index (χ2v) is 18.5. The average molecular weight is 943 g/mol. The number of nitrogen functional groups attached to an aromatic ring is 4. The van der Waals surface area contributed by atoms with Gasteiger partial charge >= 0.3 is 23.9 Å². The number of anilines is 4. The van der Waals surface area contributed by atoms with Gasteiger partial charge in [-0.3, -0.25) is 0 Å². The third-order valence-electron chi connectivity index (χ3n) is 13.0. The van der Waals surface area contributed by atoms with E-state index >= 15 is 0 Å².